The van der Waals surface area contributed by atoms with Crippen molar-refractivity contribution in [2.45, 2.75) is 19.3 Å². The number of rotatable bonds is 4. The molecule has 3 rings (SSSR count). The summed E-state index contributed by atoms with van der Waals surface area (Å²) >= 11 is 0. The SMILES string of the molecule is Nc1nc(NCC2CC2C2CC2)n[nH]1. The standard InChI is InChI=1S/C9H15N5/c10-8-12-9(14-13-8)11-4-6-3-7(6)5-1-2-5/h5-7H,1-4H2,(H4,10,11,12,13,14). The van der Waals surface area contributed by atoms with Crippen molar-refractivity contribution in [1.29, 1.82) is 0 Å². The Kier molecular flexibility index (Phi) is 1.65. The summed E-state index contributed by atoms with van der Waals surface area (Å²) in [6, 6.07) is 0. The fraction of sp³-hybridized carbons (Fsp3) is 0.778. The lowest BCUT2D eigenvalue weighted by Crippen LogP contribution is -2.06. The van der Waals surface area contributed by atoms with E-state index in [4.69, 9.17) is 5.73 Å². The molecule has 0 aromatic carbocycles. The fourth-order valence-electron chi connectivity index (χ4n) is 2.18. The van der Waals surface area contributed by atoms with Gasteiger partial charge in [-0.25, -0.2) is 5.10 Å². The highest BCUT2D eigenvalue weighted by Crippen LogP contribution is 2.54. The van der Waals surface area contributed by atoms with Crippen LogP contribution in [0.25, 0.3) is 0 Å². The van der Waals surface area contributed by atoms with Crippen LogP contribution < -0.4 is 11.1 Å². The summed E-state index contributed by atoms with van der Waals surface area (Å²) in [6.45, 7) is 0.998. The number of hydrogen-bond donors (Lipinski definition) is 3. The third-order valence-corrected chi connectivity index (χ3v) is 3.23. The number of anilines is 2. The first kappa shape index (κ1) is 8.08. The van der Waals surface area contributed by atoms with Crippen molar-refractivity contribution in [1.82, 2.24) is 15.2 Å². The molecule has 1 heterocycles. The second kappa shape index (κ2) is 2.87. The lowest BCUT2D eigenvalue weighted by atomic mass is 10.2. The van der Waals surface area contributed by atoms with E-state index in [0.717, 1.165) is 24.3 Å². The molecule has 0 aliphatic heterocycles. The molecule has 0 radical (unpaired) electrons. The van der Waals surface area contributed by atoms with Gasteiger partial charge in [0.15, 0.2) is 0 Å². The zero-order chi connectivity index (χ0) is 9.54. The third-order valence-electron chi connectivity index (χ3n) is 3.23. The monoisotopic (exact) mass is 193 g/mol. The molecular weight excluding hydrogens is 178 g/mol. The molecule has 0 saturated heterocycles. The van der Waals surface area contributed by atoms with Gasteiger partial charge >= 0.3 is 0 Å². The molecule has 5 nitrogen and oxygen atoms in total. The predicted molar refractivity (Wildman–Crippen MR) is 53.6 cm³/mol. The first-order chi connectivity index (χ1) is 6.83. The van der Waals surface area contributed by atoms with Gasteiger partial charge in [0.2, 0.25) is 11.9 Å². The van der Waals surface area contributed by atoms with Crippen LogP contribution >= 0.6 is 0 Å². The molecule has 2 fully saturated rings. The quantitative estimate of drug-likeness (QED) is 0.662. The number of aromatic amines is 1. The van der Waals surface area contributed by atoms with E-state index in [0.29, 0.717) is 11.9 Å². The van der Waals surface area contributed by atoms with Crippen molar-refractivity contribution >= 4 is 11.9 Å². The number of aromatic nitrogens is 3. The zero-order valence-electron chi connectivity index (χ0n) is 8.03. The van der Waals surface area contributed by atoms with Crippen LogP contribution in [0.2, 0.25) is 0 Å². The lowest BCUT2D eigenvalue weighted by molar-refractivity contribution is 0.642. The summed E-state index contributed by atoms with van der Waals surface area (Å²) in [7, 11) is 0. The molecule has 1 aromatic rings. The topological polar surface area (TPSA) is 79.6 Å². The van der Waals surface area contributed by atoms with Crippen LogP contribution in [0.5, 0.6) is 0 Å². The van der Waals surface area contributed by atoms with Crippen molar-refractivity contribution in [3.05, 3.63) is 0 Å². The third kappa shape index (κ3) is 1.54. The van der Waals surface area contributed by atoms with Gasteiger partial charge in [0, 0.05) is 6.54 Å². The van der Waals surface area contributed by atoms with Crippen LogP contribution in [-0.4, -0.2) is 21.7 Å². The Morgan fingerprint density at radius 1 is 1.50 bits per heavy atom. The first-order valence-corrected chi connectivity index (χ1v) is 5.24. The molecule has 2 aliphatic carbocycles. The molecule has 14 heavy (non-hydrogen) atoms. The van der Waals surface area contributed by atoms with E-state index in [9.17, 15) is 0 Å². The van der Waals surface area contributed by atoms with E-state index >= 15 is 0 Å². The average Bonchev–Trinajstić information content (AvgIpc) is 3.03. The number of nitrogen functional groups attached to an aromatic ring is 1. The molecule has 2 atom stereocenters. The van der Waals surface area contributed by atoms with Gasteiger partial charge in [-0.1, -0.05) is 0 Å². The summed E-state index contributed by atoms with van der Waals surface area (Å²) < 4.78 is 0. The van der Waals surface area contributed by atoms with E-state index in [1.54, 1.807) is 0 Å². The van der Waals surface area contributed by atoms with Crippen molar-refractivity contribution < 1.29 is 0 Å². The van der Waals surface area contributed by atoms with Gasteiger partial charge in [0.25, 0.3) is 0 Å². The van der Waals surface area contributed by atoms with E-state index in [1.807, 2.05) is 0 Å². The Labute approximate surface area is 82.5 Å². The maximum atomic E-state index is 5.42. The minimum atomic E-state index is 0.377. The highest BCUT2D eigenvalue weighted by molar-refractivity contribution is 5.30. The predicted octanol–water partition coefficient (Wildman–Crippen LogP) is 0.845. The van der Waals surface area contributed by atoms with Gasteiger partial charge in [-0.15, -0.1) is 5.10 Å². The first-order valence-electron chi connectivity index (χ1n) is 5.24. The second-order valence-corrected chi connectivity index (χ2v) is 4.42. The molecule has 2 aliphatic rings. The zero-order valence-corrected chi connectivity index (χ0v) is 8.03. The van der Waals surface area contributed by atoms with E-state index < -0.39 is 0 Å². The number of hydrogen-bond acceptors (Lipinski definition) is 4. The van der Waals surface area contributed by atoms with Gasteiger partial charge < -0.3 is 11.1 Å². The highest BCUT2D eigenvalue weighted by Gasteiger charge is 2.46. The van der Waals surface area contributed by atoms with Gasteiger partial charge in [-0.3, -0.25) is 0 Å². The largest absolute Gasteiger partial charge is 0.368 e. The van der Waals surface area contributed by atoms with Crippen molar-refractivity contribution in [3.63, 3.8) is 0 Å². The second-order valence-electron chi connectivity index (χ2n) is 4.42. The minimum absolute atomic E-state index is 0.377. The maximum absolute atomic E-state index is 5.42. The van der Waals surface area contributed by atoms with Crippen LogP contribution in [0.3, 0.4) is 0 Å². The number of nitrogens with one attached hydrogen (secondary N) is 2. The Morgan fingerprint density at radius 3 is 3.00 bits per heavy atom. The number of H-pyrrole nitrogens is 1. The highest BCUT2D eigenvalue weighted by atomic mass is 15.3. The Morgan fingerprint density at radius 2 is 2.36 bits per heavy atom. The Balaban J connectivity index is 1.46. The van der Waals surface area contributed by atoms with Crippen LogP contribution in [-0.2, 0) is 0 Å². The van der Waals surface area contributed by atoms with Crippen molar-refractivity contribution in [2.75, 3.05) is 17.6 Å². The Hall–Kier alpha value is -1.26. The Bertz CT molecular complexity index is 330. The minimum Gasteiger partial charge on any atom is -0.368 e. The molecule has 1 aromatic heterocycles. The lowest BCUT2D eigenvalue weighted by Gasteiger charge is -1.99. The number of nitrogens with zero attached hydrogens (tertiary/aromatic N) is 2. The fourth-order valence-corrected chi connectivity index (χ4v) is 2.18. The summed E-state index contributed by atoms with van der Waals surface area (Å²) in [4.78, 5) is 4.00. The van der Waals surface area contributed by atoms with Crippen molar-refractivity contribution in [2.24, 2.45) is 17.8 Å². The molecule has 0 bridgehead atoms. The van der Waals surface area contributed by atoms with Gasteiger partial charge in [0.05, 0.1) is 0 Å². The van der Waals surface area contributed by atoms with Gasteiger partial charge in [0.1, 0.15) is 0 Å². The van der Waals surface area contributed by atoms with Crippen LogP contribution in [0, 0.1) is 17.8 Å². The maximum Gasteiger partial charge on any atom is 0.243 e. The van der Waals surface area contributed by atoms with Crippen molar-refractivity contribution in [3.8, 4) is 0 Å². The summed E-state index contributed by atoms with van der Waals surface area (Å²) in [5.41, 5.74) is 5.42. The van der Waals surface area contributed by atoms with Crippen LogP contribution in [0.4, 0.5) is 11.9 Å². The van der Waals surface area contributed by atoms with E-state index in [2.05, 4.69) is 20.5 Å². The van der Waals surface area contributed by atoms with E-state index in [1.165, 1.54) is 19.3 Å². The molecular formula is C9H15N5. The normalized spacial score (nSPS) is 30.3. The molecule has 2 unspecified atom stereocenters. The molecule has 0 amide bonds. The van der Waals surface area contributed by atoms with Gasteiger partial charge in [-0.05, 0) is 37.0 Å². The molecule has 5 heteroatoms. The summed E-state index contributed by atoms with van der Waals surface area (Å²) in [5.74, 6) is 3.88. The molecule has 0 spiro atoms. The molecule has 4 N–H and O–H groups in total. The molecule has 76 valence electrons. The number of nitrogens with two attached hydrogens (primary N) is 1. The smallest absolute Gasteiger partial charge is 0.243 e. The van der Waals surface area contributed by atoms with Crippen LogP contribution in [0.15, 0.2) is 0 Å². The summed E-state index contributed by atoms with van der Waals surface area (Å²) in [6.07, 6.45) is 4.29. The summed E-state index contributed by atoms with van der Waals surface area (Å²) in [5, 5.41) is 9.75. The average molecular weight is 193 g/mol. The van der Waals surface area contributed by atoms with Gasteiger partial charge in [-0.2, -0.15) is 4.98 Å². The van der Waals surface area contributed by atoms with E-state index in [-0.39, 0.29) is 0 Å². The molecule has 2 saturated carbocycles. The van der Waals surface area contributed by atoms with Crippen LogP contribution in [0.1, 0.15) is 19.3 Å².